The van der Waals surface area contributed by atoms with Crippen LogP contribution in [0.25, 0.3) is 0 Å². The van der Waals surface area contributed by atoms with Gasteiger partial charge in [-0.3, -0.25) is 14.9 Å². The van der Waals surface area contributed by atoms with E-state index >= 15 is 0 Å². The van der Waals surface area contributed by atoms with E-state index < -0.39 is 14.9 Å². The number of ether oxygens (including phenoxy) is 1. The maximum Gasteiger partial charge on any atom is 0.269 e. The third-order valence-electron chi connectivity index (χ3n) is 3.71. The number of rotatable bonds is 6. The van der Waals surface area contributed by atoms with Gasteiger partial charge in [0.1, 0.15) is 6.61 Å². The van der Waals surface area contributed by atoms with Crippen molar-refractivity contribution in [3.05, 3.63) is 34.4 Å². The maximum absolute atomic E-state index is 12.5. The van der Waals surface area contributed by atoms with Crippen molar-refractivity contribution in [2.75, 3.05) is 39.4 Å². The van der Waals surface area contributed by atoms with E-state index in [2.05, 4.69) is 0 Å². The Morgan fingerprint density at radius 2 is 1.79 bits per heavy atom. The number of carbonyl (C=O) groups is 1. The number of amides is 1. The number of nitrogens with zero attached hydrogens (tertiary/aromatic N) is 3. The second kappa shape index (κ2) is 7.69. The van der Waals surface area contributed by atoms with Gasteiger partial charge in [0.2, 0.25) is 15.9 Å². The predicted molar refractivity (Wildman–Crippen MR) is 84.9 cm³/mol. The van der Waals surface area contributed by atoms with E-state index in [1.807, 2.05) is 0 Å². The minimum absolute atomic E-state index is 0.00203. The molecule has 1 amide bonds. The van der Waals surface area contributed by atoms with E-state index in [0.717, 1.165) is 12.1 Å². The molecule has 1 aromatic rings. The Labute approximate surface area is 140 Å². The summed E-state index contributed by atoms with van der Waals surface area (Å²) < 4.78 is 31.4. The molecule has 1 aliphatic rings. The molecule has 24 heavy (non-hydrogen) atoms. The molecule has 1 heterocycles. The Hall–Kier alpha value is -2.04. The summed E-state index contributed by atoms with van der Waals surface area (Å²) in [5.41, 5.74) is -0.166. The third kappa shape index (κ3) is 4.08. The van der Waals surface area contributed by atoms with E-state index in [-0.39, 0.29) is 49.3 Å². The van der Waals surface area contributed by atoms with Crippen LogP contribution in [0.15, 0.2) is 29.2 Å². The van der Waals surface area contributed by atoms with E-state index in [1.165, 1.54) is 16.4 Å². The number of sulfonamides is 1. The number of hydrogen-bond donors (Lipinski definition) is 0. The summed E-state index contributed by atoms with van der Waals surface area (Å²) in [4.78, 5) is 23.5. The van der Waals surface area contributed by atoms with Crippen LogP contribution in [0.2, 0.25) is 0 Å². The van der Waals surface area contributed by atoms with Gasteiger partial charge < -0.3 is 9.64 Å². The maximum atomic E-state index is 12.5. The average Bonchev–Trinajstić information content (AvgIpc) is 2.59. The lowest BCUT2D eigenvalue weighted by Crippen LogP contribution is -2.51. The summed E-state index contributed by atoms with van der Waals surface area (Å²) in [5, 5.41) is 10.6. The Balaban J connectivity index is 2.02. The molecule has 1 aliphatic heterocycles. The third-order valence-corrected chi connectivity index (χ3v) is 5.62. The topological polar surface area (TPSA) is 110 Å². The quantitative estimate of drug-likeness (QED) is 0.540. The fourth-order valence-electron chi connectivity index (χ4n) is 2.35. The molecule has 0 spiro atoms. The van der Waals surface area contributed by atoms with E-state index in [9.17, 15) is 23.3 Å². The molecule has 1 fully saturated rings. The van der Waals surface area contributed by atoms with Crippen LogP contribution in [0.1, 0.15) is 6.92 Å². The molecular formula is C14H19N3O6S. The lowest BCUT2D eigenvalue weighted by Gasteiger charge is -2.33. The number of piperazine rings is 1. The van der Waals surface area contributed by atoms with Crippen LogP contribution in [0, 0.1) is 10.1 Å². The molecule has 0 unspecified atom stereocenters. The van der Waals surface area contributed by atoms with Crippen molar-refractivity contribution in [3.8, 4) is 0 Å². The Morgan fingerprint density at radius 3 is 2.29 bits per heavy atom. The SMILES string of the molecule is CCOCC(=O)N1CCN(S(=O)(=O)c2ccc([N+](=O)[O-])cc2)CC1. The summed E-state index contributed by atoms with van der Waals surface area (Å²) in [6.07, 6.45) is 0. The van der Waals surface area contributed by atoms with E-state index in [0.29, 0.717) is 6.61 Å². The molecule has 9 nitrogen and oxygen atoms in total. The van der Waals surface area contributed by atoms with Crippen LogP contribution >= 0.6 is 0 Å². The first-order chi connectivity index (χ1) is 11.4. The van der Waals surface area contributed by atoms with Crippen molar-refractivity contribution in [3.63, 3.8) is 0 Å². The van der Waals surface area contributed by atoms with Gasteiger partial charge in [0, 0.05) is 44.9 Å². The zero-order valence-corrected chi connectivity index (χ0v) is 14.1. The first-order valence-electron chi connectivity index (χ1n) is 7.46. The lowest BCUT2D eigenvalue weighted by atomic mass is 10.3. The fraction of sp³-hybridized carbons (Fsp3) is 0.500. The summed E-state index contributed by atoms with van der Waals surface area (Å²) in [5.74, 6) is -0.163. The predicted octanol–water partition coefficient (Wildman–Crippen LogP) is 0.464. The van der Waals surface area contributed by atoms with Gasteiger partial charge in [-0.1, -0.05) is 0 Å². The first kappa shape index (κ1) is 18.3. The van der Waals surface area contributed by atoms with Crippen LogP contribution in [-0.4, -0.2) is 67.8 Å². The molecule has 0 aliphatic carbocycles. The molecule has 0 atom stereocenters. The second-order valence-electron chi connectivity index (χ2n) is 5.17. The highest BCUT2D eigenvalue weighted by molar-refractivity contribution is 7.89. The van der Waals surface area contributed by atoms with E-state index in [4.69, 9.17) is 4.74 Å². The number of benzene rings is 1. The Kier molecular flexibility index (Phi) is 5.86. The zero-order valence-electron chi connectivity index (χ0n) is 13.3. The largest absolute Gasteiger partial charge is 0.372 e. The lowest BCUT2D eigenvalue weighted by molar-refractivity contribution is -0.384. The first-order valence-corrected chi connectivity index (χ1v) is 8.90. The van der Waals surface area contributed by atoms with Crippen molar-refractivity contribution in [1.29, 1.82) is 0 Å². The molecule has 2 rings (SSSR count). The zero-order chi connectivity index (χ0) is 17.7. The molecule has 10 heteroatoms. The second-order valence-corrected chi connectivity index (χ2v) is 7.11. The van der Waals surface area contributed by atoms with Gasteiger partial charge >= 0.3 is 0 Å². The normalized spacial score (nSPS) is 16.1. The number of nitro benzene ring substituents is 1. The van der Waals surface area contributed by atoms with Crippen LogP contribution in [0.5, 0.6) is 0 Å². The van der Waals surface area contributed by atoms with Crippen molar-refractivity contribution in [1.82, 2.24) is 9.21 Å². The summed E-state index contributed by atoms with van der Waals surface area (Å²) in [6, 6.07) is 4.77. The number of nitro groups is 1. The standard InChI is InChI=1S/C14H19N3O6S/c1-2-23-11-14(18)15-7-9-16(10-8-15)24(21,22)13-5-3-12(4-6-13)17(19)20/h3-6H,2,7-11H2,1H3. The van der Waals surface area contributed by atoms with Crippen molar-refractivity contribution in [2.24, 2.45) is 0 Å². The molecule has 1 aromatic carbocycles. The monoisotopic (exact) mass is 357 g/mol. The van der Waals surface area contributed by atoms with Gasteiger partial charge in [-0.15, -0.1) is 0 Å². The van der Waals surface area contributed by atoms with Crippen LogP contribution in [0.3, 0.4) is 0 Å². The van der Waals surface area contributed by atoms with Gasteiger partial charge in [0.05, 0.1) is 9.82 Å². The molecule has 0 aromatic heterocycles. The highest BCUT2D eigenvalue weighted by atomic mass is 32.2. The highest BCUT2D eigenvalue weighted by Crippen LogP contribution is 2.20. The van der Waals surface area contributed by atoms with Crippen molar-refractivity contribution >= 4 is 21.6 Å². The minimum atomic E-state index is -3.73. The Morgan fingerprint density at radius 1 is 1.21 bits per heavy atom. The molecule has 0 N–H and O–H groups in total. The van der Waals surface area contributed by atoms with Gasteiger partial charge in [0.25, 0.3) is 5.69 Å². The minimum Gasteiger partial charge on any atom is -0.372 e. The summed E-state index contributed by atoms with van der Waals surface area (Å²) >= 11 is 0. The van der Waals surface area contributed by atoms with Gasteiger partial charge in [0.15, 0.2) is 0 Å². The summed E-state index contributed by atoms with van der Waals surface area (Å²) in [6.45, 7) is 3.17. The number of carbonyl (C=O) groups excluding carboxylic acids is 1. The number of non-ortho nitro benzene ring substituents is 1. The fourth-order valence-corrected chi connectivity index (χ4v) is 3.77. The Bertz CT molecular complexity index is 696. The van der Waals surface area contributed by atoms with Crippen LogP contribution in [0.4, 0.5) is 5.69 Å². The highest BCUT2D eigenvalue weighted by Gasteiger charge is 2.30. The molecule has 0 bridgehead atoms. The number of hydrogen-bond acceptors (Lipinski definition) is 6. The van der Waals surface area contributed by atoms with Crippen LogP contribution in [-0.2, 0) is 19.6 Å². The molecule has 132 valence electrons. The van der Waals surface area contributed by atoms with Gasteiger partial charge in [-0.2, -0.15) is 4.31 Å². The smallest absolute Gasteiger partial charge is 0.269 e. The molecular weight excluding hydrogens is 338 g/mol. The molecule has 1 saturated heterocycles. The van der Waals surface area contributed by atoms with E-state index in [1.54, 1.807) is 11.8 Å². The van der Waals surface area contributed by atoms with Crippen molar-refractivity contribution in [2.45, 2.75) is 11.8 Å². The van der Waals surface area contributed by atoms with Crippen LogP contribution < -0.4 is 0 Å². The molecule has 0 saturated carbocycles. The van der Waals surface area contributed by atoms with Crippen molar-refractivity contribution < 1.29 is 22.9 Å². The summed E-state index contributed by atoms with van der Waals surface area (Å²) in [7, 11) is -3.73. The van der Waals surface area contributed by atoms with Gasteiger partial charge in [-0.25, -0.2) is 8.42 Å². The average molecular weight is 357 g/mol. The van der Waals surface area contributed by atoms with Gasteiger partial charge in [-0.05, 0) is 19.1 Å². The molecule has 0 radical (unpaired) electrons.